The van der Waals surface area contributed by atoms with Gasteiger partial charge < -0.3 is 9.47 Å². The van der Waals surface area contributed by atoms with Gasteiger partial charge in [-0.2, -0.15) is 0 Å². The number of urea groups is 1. The molecule has 188 valence electrons. The van der Waals surface area contributed by atoms with E-state index in [4.69, 9.17) is 9.47 Å². The first kappa shape index (κ1) is 24.2. The molecule has 0 spiro atoms. The number of aromatic nitrogens is 1. The standard InChI is InChI=1S/C25H34N6O3S/c1-18-4-6-19(7-5-18)31-22(14-21(29(31)3)25(2)16-34-17-25)27-23(32)28-24-26-15-20(35-24)8-9-30-10-12-33-13-11-30/h4-7,14-15,21H,8-13,16-17H2,1-3H3,(H2,26,27,28,32). The Morgan fingerprint density at radius 2 is 1.91 bits per heavy atom. The average Bonchev–Trinajstić information content (AvgIpc) is 3.41. The van der Waals surface area contributed by atoms with Crippen LogP contribution in [0.15, 0.2) is 42.4 Å². The van der Waals surface area contributed by atoms with E-state index < -0.39 is 0 Å². The first-order valence-corrected chi connectivity index (χ1v) is 12.9. The molecule has 2 saturated heterocycles. The zero-order chi connectivity index (χ0) is 24.4. The number of hydrazine groups is 1. The molecule has 1 atom stereocenters. The van der Waals surface area contributed by atoms with Crippen LogP contribution < -0.4 is 15.6 Å². The van der Waals surface area contributed by atoms with Crippen molar-refractivity contribution in [2.75, 3.05) is 63.4 Å². The lowest BCUT2D eigenvalue weighted by Gasteiger charge is -2.46. The third-order valence-corrected chi connectivity index (χ3v) is 7.88. The Labute approximate surface area is 210 Å². The molecule has 3 aliphatic heterocycles. The van der Waals surface area contributed by atoms with Gasteiger partial charge in [-0.25, -0.2) is 14.8 Å². The number of aryl methyl sites for hydroxylation is 1. The van der Waals surface area contributed by atoms with Crippen molar-refractivity contribution < 1.29 is 14.3 Å². The molecule has 10 heteroatoms. The smallest absolute Gasteiger partial charge is 0.326 e. The molecule has 2 amide bonds. The van der Waals surface area contributed by atoms with Gasteiger partial charge in [-0.05, 0) is 31.6 Å². The van der Waals surface area contributed by atoms with Crippen LogP contribution in [0.2, 0.25) is 0 Å². The molecule has 3 aliphatic rings. The first-order valence-electron chi connectivity index (χ1n) is 12.1. The summed E-state index contributed by atoms with van der Waals surface area (Å²) in [7, 11) is 2.05. The molecule has 35 heavy (non-hydrogen) atoms. The SMILES string of the molecule is Cc1ccc(N2C(NC(=O)Nc3ncc(CCN4CCOCC4)s3)=CC(C3(C)COC3)N2C)cc1. The number of morpholine rings is 1. The molecule has 1 aromatic heterocycles. The van der Waals surface area contributed by atoms with Crippen molar-refractivity contribution in [3.63, 3.8) is 0 Å². The zero-order valence-electron chi connectivity index (χ0n) is 20.6. The highest BCUT2D eigenvalue weighted by molar-refractivity contribution is 7.15. The van der Waals surface area contributed by atoms with E-state index in [-0.39, 0.29) is 17.5 Å². The Bertz CT molecular complexity index is 1060. The number of hydrogen-bond acceptors (Lipinski definition) is 8. The van der Waals surface area contributed by atoms with E-state index in [0.717, 1.165) is 55.7 Å². The van der Waals surface area contributed by atoms with Crippen molar-refractivity contribution in [3.05, 3.63) is 52.8 Å². The molecule has 1 aromatic carbocycles. The van der Waals surface area contributed by atoms with Gasteiger partial charge in [0.1, 0.15) is 5.82 Å². The second-order valence-electron chi connectivity index (χ2n) is 9.78. The van der Waals surface area contributed by atoms with Gasteiger partial charge in [-0.15, -0.1) is 11.3 Å². The third kappa shape index (κ3) is 5.36. The Balaban J connectivity index is 1.24. The topological polar surface area (TPSA) is 82.2 Å². The van der Waals surface area contributed by atoms with Gasteiger partial charge in [0.2, 0.25) is 0 Å². The second kappa shape index (κ2) is 10.2. The van der Waals surface area contributed by atoms with Crippen molar-refractivity contribution in [1.82, 2.24) is 20.2 Å². The van der Waals surface area contributed by atoms with E-state index in [0.29, 0.717) is 18.3 Å². The lowest BCUT2D eigenvalue weighted by molar-refractivity contribution is -0.128. The van der Waals surface area contributed by atoms with Crippen LogP contribution in [0.3, 0.4) is 0 Å². The van der Waals surface area contributed by atoms with Gasteiger partial charge >= 0.3 is 6.03 Å². The molecule has 0 saturated carbocycles. The summed E-state index contributed by atoms with van der Waals surface area (Å²) in [6.07, 6.45) is 4.90. The molecule has 4 heterocycles. The molecule has 0 bridgehead atoms. The average molecular weight is 499 g/mol. The number of nitrogens with one attached hydrogen (secondary N) is 2. The number of rotatable bonds is 7. The predicted octanol–water partition coefficient (Wildman–Crippen LogP) is 3.06. The molecule has 9 nitrogen and oxygen atoms in total. The van der Waals surface area contributed by atoms with E-state index >= 15 is 0 Å². The number of likely N-dealkylation sites (N-methyl/N-ethyl adjacent to an activating group) is 1. The third-order valence-electron chi connectivity index (χ3n) is 6.91. The Hall–Kier alpha value is -2.50. The molecular weight excluding hydrogens is 464 g/mol. The first-order chi connectivity index (χ1) is 16.9. The number of carbonyl (C=O) groups is 1. The van der Waals surface area contributed by atoms with Crippen molar-refractivity contribution in [2.24, 2.45) is 5.41 Å². The van der Waals surface area contributed by atoms with Crippen molar-refractivity contribution in [1.29, 1.82) is 0 Å². The van der Waals surface area contributed by atoms with E-state index in [9.17, 15) is 4.79 Å². The maximum Gasteiger partial charge on any atom is 0.326 e. The fraction of sp³-hybridized carbons (Fsp3) is 0.520. The van der Waals surface area contributed by atoms with E-state index in [2.05, 4.69) is 81.8 Å². The summed E-state index contributed by atoms with van der Waals surface area (Å²) in [6.45, 7) is 10.2. The number of benzene rings is 1. The second-order valence-corrected chi connectivity index (χ2v) is 10.9. The van der Waals surface area contributed by atoms with Crippen LogP contribution >= 0.6 is 11.3 Å². The van der Waals surface area contributed by atoms with Gasteiger partial charge in [0.05, 0.1) is 38.2 Å². The van der Waals surface area contributed by atoms with E-state index in [1.165, 1.54) is 16.9 Å². The minimum atomic E-state index is -0.300. The van der Waals surface area contributed by atoms with Gasteiger partial charge in [-0.3, -0.25) is 20.5 Å². The van der Waals surface area contributed by atoms with Crippen molar-refractivity contribution >= 4 is 28.2 Å². The van der Waals surface area contributed by atoms with E-state index in [1.807, 2.05) is 6.20 Å². The van der Waals surface area contributed by atoms with Crippen molar-refractivity contribution in [2.45, 2.75) is 26.3 Å². The highest BCUT2D eigenvalue weighted by atomic mass is 32.1. The summed E-state index contributed by atoms with van der Waals surface area (Å²) in [5.74, 6) is 0.732. The minimum absolute atomic E-state index is 0.00228. The number of amides is 2. The van der Waals surface area contributed by atoms with Crippen LogP contribution in [-0.4, -0.2) is 80.1 Å². The molecule has 0 radical (unpaired) electrons. The summed E-state index contributed by atoms with van der Waals surface area (Å²) in [5, 5.41) is 10.8. The molecule has 1 unspecified atom stereocenters. The molecular formula is C25H34N6O3S. The van der Waals surface area contributed by atoms with E-state index in [1.54, 1.807) is 0 Å². The van der Waals surface area contributed by atoms with Crippen LogP contribution in [0.4, 0.5) is 15.6 Å². The molecule has 2 aromatic rings. The largest absolute Gasteiger partial charge is 0.380 e. The minimum Gasteiger partial charge on any atom is -0.380 e. The molecule has 2 fully saturated rings. The summed E-state index contributed by atoms with van der Waals surface area (Å²) in [5.41, 5.74) is 2.19. The number of hydrogen-bond donors (Lipinski definition) is 2. The summed E-state index contributed by atoms with van der Waals surface area (Å²) in [6, 6.07) is 8.12. The van der Waals surface area contributed by atoms with Gasteiger partial charge in [0.25, 0.3) is 0 Å². The maximum atomic E-state index is 13.0. The highest BCUT2D eigenvalue weighted by Gasteiger charge is 2.47. The highest BCUT2D eigenvalue weighted by Crippen LogP contribution is 2.40. The Morgan fingerprint density at radius 3 is 2.60 bits per heavy atom. The number of ether oxygens (including phenoxy) is 2. The fourth-order valence-corrected chi connectivity index (χ4v) is 5.59. The summed E-state index contributed by atoms with van der Waals surface area (Å²) < 4.78 is 10.9. The normalized spacial score (nSPS) is 22.5. The zero-order valence-corrected chi connectivity index (χ0v) is 21.4. The van der Waals surface area contributed by atoms with Crippen LogP contribution in [0, 0.1) is 12.3 Å². The van der Waals surface area contributed by atoms with Gasteiger partial charge in [0, 0.05) is 43.2 Å². The number of anilines is 2. The maximum absolute atomic E-state index is 13.0. The van der Waals surface area contributed by atoms with Crippen LogP contribution in [-0.2, 0) is 15.9 Å². The predicted molar refractivity (Wildman–Crippen MR) is 137 cm³/mol. The Kier molecular flexibility index (Phi) is 7.08. The number of nitrogens with zero attached hydrogens (tertiary/aromatic N) is 4. The number of carbonyl (C=O) groups excluding carboxylic acids is 1. The van der Waals surface area contributed by atoms with Crippen molar-refractivity contribution in [3.8, 4) is 0 Å². The quantitative estimate of drug-likeness (QED) is 0.607. The lowest BCUT2D eigenvalue weighted by Crippen LogP contribution is -2.56. The van der Waals surface area contributed by atoms with Crippen LogP contribution in [0.1, 0.15) is 17.4 Å². The van der Waals surface area contributed by atoms with Crippen LogP contribution in [0.25, 0.3) is 0 Å². The van der Waals surface area contributed by atoms with Gasteiger partial charge in [-0.1, -0.05) is 24.6 Å². The molecule has 2 N–H and O–H groups in total. The van der Waals surface area contributed by atoms with Gasteiger partial charge in [0.15, 0.2) is 5.13 Å². The summed E-state index contributed by atoms with van der Waals surface area (Å²) in [4.78, 5) is 20.9. The summed E-state index contributed by atoms with van der Waals surface area (Å²) >= 11 is 1.52. The monoisotopic (exact) mass is 498 g/mol. The Morgan fingerprint density at radius 1 is 1.17 bits per heavy atom. The molecule has 5 rings (SSSR count). The molecule has 0 aliphatic carbocycles. The fourth-order valence-electron chi connectivity index (χ4n) is 4.79. The van der Waals surface area contributed by atoms with Crippen LogP contribution in [0.5, 0.6) is 0 Å². The number of thiazole rings is 1. The lowest BCUT2D eigenvalue weighted by atomic mass is 9.80.